The van der Waals surface area contributed by atoms with Crippen LogP contribution in [0, 0.1) is 23.5 Å². The fourth-order valence-corrected chi connectivity index (χ4v) is 6.34. The summed E-state index contributed by atoms with van der Waals surface area (Å²) in [6.45, 7) is 0. The zero-order chi connectivity index (χ0) is 28.4. The van der Waals surface area contributed by atoms with Gasteiger partial charge in [-0.3, -0.25) is 4.79 Å². The number of benzene rings is 3. The highest BCUT2D eigenvalue weighted by Crippen LogP contribution is 2.50. The van der Waals surface area contributed by atoms with Crippen LogP contribution in [0.5, 0.6) is 0 Å². The first-order valence-electron chi connectivity index (χ1n) is 13.2. The number of rotatable bonds is 8. The van der Waals surface area contributed by atoms with Gasteiger partial charge in [-0.25, -0.2) is 13.6 Å². The first-order chi connectivity index (χ1) is 19.2. The SMILES string of the molecule is COC(c1ccccc1)C1([C@@H](C(=O)Nc2ccc(C(=O)O)cc2Cl)C2CCCCC2)Nc2cc(F)c(F)cc2N1. The molecule has 0 spiro atoms. The minimum atomic E-state index is -1.34. The van der Waals surface area contributed by atoms with E-state index in [1.165, 1.54) is 25.3 Å². The highest BCUT2D eigenvalue weighted by molar-refractivity contribution is 6.34. The molecule has 7 nitrogen and oxygen atoms in total. The molecule has 2 atom stereocenters. The lowest BCUT2D eigenvalue weighted by Gasteiger charge is -2.46. The Hall–Kier alpha value is -3.69. The molecule has 3 aromatic carbocycles. The lowest BCUT2D eigenvalue weighted by molar-refractivity contribution is -0.126. The van der Waals surface area contributed by atoms with Gasteiger partial charge >= 0.3 is 5.97 Å². The molecular formula is C30H30ClF2N3O4. The van der Waals surface area contributed by atoms with Crippen molar-refractivity contribution in [3.63, 3.8) is 0 Å². The highest BCUT2D eigenvalue weighted by Gasteiger charge is 2.56. The molecule has 1 fully saturated rings. The largest absolute Gasteiger partial charge is 0.478 e. The number of carboxylic acids is 1. The summed E-state index contributed by atoms with van der Waals surface area (Å²) in [4.78, 5) is 25.7. The predicted octanol–water partition coefficient (Wildman–Crippen LogP) is 7.07. The number of methoxy groups -OCH3 is 1. The van der Waals surface area contributed by atoms with Crippen molar-refractivity contribution < 1.29 is 28.2 Å². The molecule has 1 amide bonds. The third-order valence-corrected chi connectivity index (χ3v) is 8.18. The molecule has 210 valence electrons. The summed E-state index contributed by atoms with van der Waals surface area (Å²) in [6.07, 6.45) is 3.67. The Balaban J connectivity index is 1.63. The van der Waals surface area contributed by atoms with Crippen LogP contribution in [-0.4, -0.2) is 29.8 Å². The van der Waals surface area contributed by atoms with Crippen molar-refractivity contribution in [1.82, 2.24) is 0 Å². The van der Waals surface area contributed by atoms with Crippen LogP contribution in [0.3, 0.4) is 0 Å². The number of carbonyl (C=O) groups is 2. The van der Waals surface area contributed by atoms with Crippen LogP contribution >= 0.6 is 11.6 Å². The Morgan fingerprint density at radius 3 is 2.17 bits per heavy atom. The molecule has 40 heavy (non-hydrogen) atoms. The van der Waals surface area contributed by atoms with E-state index in [1.807, 2.05) is 30.3 Å². The summed E-state index contributed by atoms with van der Waals surface area (Å²) in [5.41, 5.74) is 0.303. The Labute approximate surface area is 235 Å². The van der Waals surface area contributed by atoms with Gasteiger partial charge in [-0.15, -0.1) is 0 Å². The van der Waals surface area contributed by atoms with Gasteiger partial charge in [0, 0.05) is 19.2 Å². The van der Waals surface area contributed by atoms with Crippen molar-refractivity contribution in [2.75, 3.05) is 23.1 Å². The molecule has 0 aromatic heterocycles. The molecule has 1 unspecified atom stereocenters. The standard InChI is InChI=1S/C30H30ClF2N3O4/c1-40-27(18-10-6-3-7-11-18)30(35-24-15-21(32)22(33)16-25(24)36-30)26(17-8-4-2-5-9-17)28(37)34-23-13-12-19(29(38)39)14-20(23)31/h3,6-7,10-17,26-27,35-36H,2,4-5,8-9H2,1H3,(H,34,37)(H,38,39)/t26-,27?/m1/s1. The summed E-state index contributed by atoms with van der Waals surface area (Å²) < 4.78 is 34.8. The van der Waals surface area contributed by atoms with Crippen molar-refractivity contribution in [3.05, 3.63) is 88.4 Å². The Morgan fingerprint density at radius 1 is 1.00 bits per heavy atom. The van der Waals surface area contributed by atoms with Crippen LogP contribution in [0.2, 0.25) is 5.02 Å². The van der Waals surface area contributed by atoms with Gasteiger partial charge in [0.1, 0.15) is 6.10 Å². The van der Waals surface area contributed by atoms with Gasteiger partial charge in [-0.1, -0.05) is 61.2 Å². The fourth-order valence-electron chi connectivity index (χ4n) is 6.11. The molecule has 1 saturated carbocycles. The summed E-state index contributed by atoms with van der Waals surface area (Å²) in [7, 11) is 1.53. The lowest BCUT2D eigenvalue weighted by atomic mass is 9.70. The van der Waals surface area contributed by atoms with E-state index in [0.717, 1.165) is 49.8 Å². The minimum absolute atomic E-state index is 0.00884. The van der Waals surface area contributed by atoms with Gasteiger partial charge in [0.15, 0.2) is 17.3 Å². The van der Waals surface area contributed by atoms with E-state index in [0.29, 0.717) is 11.4 Å². The highest BCUT2D eigenvalue weighted by atomic mass is 35.5. The van der Waals surface area contributed by atoms with Crippen molar-refractivity contribution in [1.29, 1.82) is 0 Å². The Kier molecular flexibility index (Phi) is 7.96. The molecule has 5 rings (SSSR count). The zero-order valence-corrected chi connectivity index (χ0v) is 22.6. The summed E-state index contributed by atoms with van der Waals surface area (Å²) in [5, 5.41) is 19.0. The number of nitrogens with one attached hydrogen (secondary N) is 3. The summed E-state index contributed by atoms with van der Waals surface area (Å²) in [6, 6.07) is 15.6. The Bertz CT molecular complexity index is 1380. The average Bonchev–Trinajstić information content (AvgIpc) is 3.29. The average molecular weight is 570 g/mol. The van der Waals surface area contributed by atoms with E-state index in [-0.39, 0.29) is 28.1 Å². The molecule has 0 bridgehead atoms. The molecular weight excluding hydrogens is 540 g/mol. The zero-order valence-electron chi connectivity index (χ0n) is 21.8. The van der Waals surface area contributed by atoms with Crippen LogP contribution in [-0.2, 0) is 9.53 Å². The predicted molar refractivity (Wildman–Crippen MR) is 150 cm³/mol. The molecule has 2 aliphatic rings. The number of ether oxygens (including phenoxy) is 1. The van der Waals surface area contributed by atoms with Crippen LogP contribution in [0.15, 0.2) is 60.7 Å². The van der Waals surface area contributed by atoms with Gasteiger partial charge in [-0.05, 0) is 42.5 Å². The first kappa shape index (κ1) is 27.9. The van der Waals surface area contributed by atoms with Crippen molar-refractivity contribution in [2.45, 2.75) is 43.9 Å². The van der Waals surface area contributed by atoms with Crippen molar-refractivity contribution in [2.24, 2.45) is 11.8 Å². The normalized spacial score (nSPS) is 17.7. The molecule has 0 saturated heterocycles. The second-order valence-corrected chi connectivity index (χ2v) is 10.7. The molecule has 1 aliphatic heterocycles. The summed E-state index contributed by atoms with van der Waals surface area (Å²) in [5.74, 6) is -4.46. The van der Waals surface area contributed by atoms with E-state index in [4.69, 9.17) is 16.3 Å². The number of aromatic carboxylic acids is 1. The van der Waals surface area contributed by atoms with E-state index < -0.39 is 35.3 Å². The molecule has 1 aliphatic carbocycles. The summed E-state index contributed by atoms with van der Waals surface area (Å²) >= 11 is 6.38. The van der Waals surface area contributed by atoms with Gasteiger partial charge in [0.2, 0.25) is 5.91 Å². The third kappa shape index (κ3) is 5.23. The van der Waals surface area contributed by atoms with Gasteiger partial charge in [-0.2, -0.15) is 0 Å². The van der Waals surface area contributed by atoms with Crippen molar-refractivity contribution >= 4 is 40.5 Å². The van der Waals surface area contributed by atoms with Crippen LogP contribution in [0.25, 0.3) is 0 Å². The minimum Gasteiger partial charge on any atom is -0.478 e. The monoisotopic (exact) mass is 569 g/mol. The molecule has 0 radical (unpaired) electrons. The second-order valence-electron chi connectivity index (χ2n) is 10.3. The first-order valence-corrected chi connectivity index (χ1v) is 13.6. The van der Waals surface area contributed by atoms with Gasteiger partial charge < -0.3 is 25.8 Å². The smallest absolute Gasteiger partial charge is 0.335 e. The van der Waals surface area contributed by atoms with Crippen LogP contribution in [0.1, 0.15) is 54.1 Å². The number of hydrogen-bond acceptors (Lipinski definition) is 5. The second kappa shape index (κ2) is 11.4. The topological polar surface area (TPSA) is 99.7 Å². The maximum Gasteiger partial charge on any atom is 0.335 e. The number of amides is 1. The van der Waals surface area contributed by atoms with Crippen LogP contribution < -0.4 is 16.0 Å². The van der Waals surface area contributed by atoms with E-state index in [1.54, 1.807) is 0 Å². The van der Waals surface area contributed by atoms with E-state index >= 15 is 0 Å². The van der Waals surface area contributed by atoms with Crippen LogP contribution in [0.4, 0.5) is 25.8 Å². The third-order valence-electron chi connectivity index (χ3n) is 7.86. The number of hydrogen-bond donors (Lipinski definition) is 4. The molecule has 1 heterocycles. The maximum atomic E-state index is 14.4. The number of halogens is 3. The maximum absolute atomic E-state index is 14.4. The lowest BCUT2D eigenvalue weighted by Crippen LogP contribution is -2.60. The number of carbonyl (C=O) groups excluding carboxylic acids is 1. The van der Waals surface area contributed by atoms with Gasteiger partial charge in [0.05, 0.1) is 33.6 Å². The fraction of sp³-hybridized carbons (Fsp3) is 0.333. The quantitative estimate of drug-likeness (QED) is 0.231. The Morgan fingerprint density at radius 2 is 1.62 bits per heavy atom. The molecule has 10 heteroatoms. The van der Waals surface area contributed by atoms with E-state index in [2.05, 4.69) is 16.0 Å². The molecule has 3 aromatic rings. The molecule has 4 N–H and O–H groups in total. The number of carboxylic acid groups (broad SMARTS) is 1. The number of fused-ring (bicyclic) bond motifs is 1. The van der Waals surface area contributed by atoms with Gasteiger partial charge in [0.25, 0.3) is 0 Å². The van der Waals surface area contributed by atoms with E-state index in [9.17, 15) is 23.5 Å². The van der Waals surface area contributed by atoms with Crippen molar-refractivity contribution in [3.8, 4) is 0 Å². The number of anilines is 3.